The Bertz CT molecular complexity index is 812. The maximum Gasteiger partial charge on any atom is 0.244 e. The van der Waals surface area contributed by atoms with E-state index in [1.807, 2.05) is 0 Å². The third kappa shape index (κ3) is 3.57. The SMILES string of the molecule is Cc1cc(S(=O)(=O)N(C)Cc2ccc(F)cc2Cl)cnc1Cl. The summed E-state index contributed by atoms with van der Waals surface area (Å²) in [6.45, 7) is 1.69. The quantitative estimate of drug-likeness (QED) is 0.779. The van der Waals surface area contributed by atoms with Gasteiger partial charge in [0, 0.05) is 24.8 Å². The number of benzene rings is 1. The lowest BCUT2D eigenvalue weighted by atomic mass is 10.2. The Morgan fingerprint density at radius 3 is 2.55 bits per heavy atom. The highest BCUT2D eigenvalue weighted by Crippen LogP contribution is 2.23. The van der Waals surface area contributed by atoms with Gasteiger partial charge in [-0.05, 0) is 36.2 Å². The molecule has 0 bridgehead atoms. The van der Waals surface area contributed by atoms with Crippen LogP contribution in [0.1, 0.15) is 11.1 Å². The predicted molar refractivity (Wildman–Crippen MR) is 84.0 cm³/mol. The van der Waals surface area contributed by atoms with Crippen molar-refractivity contribution in [1.29, 1.82) is 0 Å². The Hall–Kier alpha value is -1.21. The lowest BCUT2D eigenvalue weighted by molar-refractivity contribution is 0.466. The van der Waals surface area contributed by atoms with Gasteiger partial charge in [-0.3, -0.25) is 0 Å². The molecule has 0 amide bonds. The van der Waals surface area contributed by atoms with Gasteiger partial charge < -0.3 is 0 Å². The summed E-state index contributed by atoms with van der Waals surface area (Å²) in [5.74, 6) is -0.475. The molecule has 1 aromatic carbocycles. The summed E-state index contributed by atoms with van der Waals surface area (Å²) in [5.41, 5.74) is 1.07. The van der Waals surface area contributed by atoms with E-state index in [0.717, 1.165) is 10.4 Å². The molecule has 0 radical (unpaired) electrons. The van der Waals surface area contributed by atoms with E-state index in [1.54, 1.807) is 6.92 Å². The fourth-order valence-electron chi connectivity index (χ4n) is 1.83. The smallest absolute Gasteiger partial charge is 0.243 e. The van der Waals surface area contributed by atoms with Crippen molar-refractivity contribution in [3.63, 3.8) is 0 Å². The molecular weight excluding hydrogens is 350 g/mol. The van der Waals surface area contributed by atoms with Gasteiger partial charge in [-0.2, -0.15) is 4.31 Å². The van der Waals surface area contributed by atoms with Crippen LogP contribution in [0.3, 0.4) is 0 Å². The highest BCUT2D eigenvalue weighted by Gasteiger charge is 2.22. The van der Waals surface area contributed by atoms with E-state index in [9.17, 15) is 12.8 Å². The third-order valence-electron chi connectivity index (χ3n) is 3.11. The number of aryl methyl sites for hydroxylation is 1. The molecule has 0 atom stereocenters. The minimum absolute atomic E-state index is 0.0170. The van der Waals surface area contributed by atoms with Crippen LogP contribution < -0.4 is 0 Å². The van der Waals surface area contributed by atoms with E-state index >= 15 is 0 Å². The van der Waals surface area contributed by atoms with Crippen molar-refractivity contribution in [2.75, 3.05) is 7.05 Å². The number of hydrogen-bond acceptors (Lipinski definition) is 3. The minimum atomic E-state index is -3.74. The molecule has 118 valence electrons. The molecule has 0 aliphatic carbocycles. The normalized spacial score (nSPS) is 11.9. The van der Waals surface area contributed by atoms with Crippen LogP contribution in [0.15, 0.2) is 35.4 Å². The molecule has 0 unspecified atom stereocenters. The molecule has 0 spiro atoms. The van der Waals surface area contributed by atoms with Crippen molar-refractivity contribution in [2.45, 2.75) is 18.4 Å². The molecule has 4 nitrogen and oxygen atoms in total. The van der Waals surface area contributed by atoms with Crippen LogP contribution in [-0.2, 0) is 16.6 Å². The fourth-order valence-corrected chi connectivity index (χ4v) is 3.34. The minimum Gasteiger partial charge on any atom is -0.243 e. The summed E-state index contributed by atoms with van der Waals surface area (Å²) in [4.78, 5) is 3.88. The van der Waals surface area contributed by atoms with E-state index in [0.29, 0.717) is 11.1 Å². The first-order chi connectivity index (χ1) is 10.2. The van der Waals surface area contributed by atoms with Gasteiger partial charge in [-0.1, -0.05) is 29.3 Å². The van der Waals surface area contributed by atoms with Crippen LogP contribution in [0.4, 0.5) is 4.39 Å². The van der Waals surface area contributed by atoms with Crippen LogP contribution in [0.5, 0.6) is 0 Å². The number of sulfonamides is 1. The standard InChI is InChI=1S/C14H13Cl2FN2O2S/c1-9-5-12(7-18-14(9)16)22(20,21)19(2)8-10-3-4-11(17)6-13(10)15/h3-7H,8H2,1-2H3. The molecule has 0 aliphatic rings. The molecule has 0 N–H and O–H groups in total. The molecule has 8 heteroatoms. The third-order valence-corrected chi connectivity index (χ3v) is 5.62. The summed E-state index contributed by atoms with van der Waals surface area (Å²) in [6.07, 6.45) is 1.20. The van der Waals surface area contributed by atoms with Crippen LogP contribution in [0, 0.1) is 12.7 Å². The molecular formula is C14H13Cl2FN2O2S. The second-order valence-electron chi connectivity index (χ2n) is 4.78. The van der Waals surface area contributed by atoms with Crippen LogP contribution in [0.2, 0.25) is 10.2 Å². The molecule has 2 aromatic rings. The number of nitrogens with zero attached hydrogens (tertiary/aromatic N) is 2. The van der Waals surface area contributed by atoms with Gasteiger partial charge in [0.15, 0.2) is 0 Å². The number of hydrogen-bond donors (Lipinski definition) is 0. The van der Waals surface area contributed by atoms with E-state index in [1.165, 1.54) is 31.4 Å². The molecule has 1 aromatic heterocycles. The molecule has 22 heavy (non-hydrogen) atoms. The van der Waals surface area contributed by atoms with E-state index in [2.05, 4.69) is 4.98 Å². The largest absolute Gasteiger partial charge is 0.244 e. The molecule has 0 fully saturated rings. The summed E-state index contributed by atoms with van der Waals surface area (Å²) in [7, 11) is -2.33. The monoisotopic (exact) mass is 362 g/mol. The second kappa shape index (κ2) is 6.50. The van der Waals surface area contributed by atoms with E-state index < -0.39 is 15.8 Å². The first kappa shape index (κ1) is 17.1. The molecule has 0 aliphatic heterocycles. The summed E-state index contributed by atoms with van der Waals surface area (Å²) in [6, 6.07) is 5.28. The Balaban J connectivity index is 2.30. The van der Waals surface area contributed by atoms with Gasteiger partial charge in [0.05, 0.1) is 0 Å². The topological polar surface area (TPSA) is 50.3 Å². The zero-order chi connectivity index (χ0) is 16.5. The van der Waals surface area contributed by atoms with Crippen molar-refractivity contribution in [3.8, 4) is 0 Å². The average molecular weight is 363 g/mol. The maximum atomic E-state index is 13.0. The van der Waals surface area contributed by atoms with E-state index in [-0.39, 0.29) is 21.6 Å². The van der Waals surface area contributed by atoms with Crippen molar-refractivity contribution in [3.05, 3.63) is 57.6 Å². The Morgan fingerprint density at radius 2 is 1.95 bits per heavy atom. The van der Waals surface area contributed by atoms with Gasteiger partial charge in [0.2, 0.25) is 10.0 Å². The van der Waals surface area contributed by atoms with Crippen molar-refractivity contribution in [2.24, 2.45) is 0 Å². The van der Waals surface area contributed by atoms with Gasteiger partial charge >= 0.3 is 0 Å². The molecule has 1 heterocycles. The van der Waals surface area contributed by atoms with E-state index in [4.69, 9.17) is 23.2 Å². The van der Waals surface area contributed by atoms with Crippen molar-refractivity contribution in [1.82, 2.24) is 9.29 Å². The summed E-state index contributed by atoms with van der Waals surface area (Å²) >= 11 is 11.7. The first-order valence-corrected chi connectivity index (χ1v) is 8.44. The summed E-state index contributed by atoms with van der Waals surface area (Å²) in [5, 5.41) is 0.427. The highest BCUT2D eigenvalue weighted by molar-refractivity contribution is 7.89. The predicted octanol–water partition coefficient (Wildman–Crippen LogP) is 3.66. The Labute approximate surface area is 138 Å². The molecule has 0 saturated heterocycles. The molecule has 0 saturated carbocycles. The lowest BCUT2D eigenvalue weighted by Gasteiger charge is -2.18. The van der Waals surface area contributed by atoms with Gasteiger partial charge in [0.25, 0.3) is 0 Å². The summed E-state index contributed by atoms with van der Waals surface area (Å²) < 4.78 is 39.2. The fraction of sp³-hybridized carbons (Fsp3) is 0.214. The zero-order valence-corrected chi connectivity index (χ0v) is 14.2. The van der Waals surface area contributed by atoms with Crippen LogP contribution in [-0.4, -0.2) is 24.8 Å². The number of halogens is 3. The number of aromatic nitrogens is 1. The average Bonchev–Trinajstić information content (AvgIpc) is 2.44. The Kier molecular flexibility index (Phi) is 5.07. The van der Waals surface area contributed by atoms with Gasteiger partial charge in [-0.25, -0.2) is 17.8 Å². The first-order valence-electron chi connectivity index (χ1n) is 6.24. The Morgan fingerprint density at radius 1 is 1.27 bits per heavy atom. The zero-order valence-electron chi connectivity index (χ0n) is 11.8. The number of rotatable bonds is 4. The number of pyridine rings is 1. The van der Waals surface area contributed by atoms with Crippen LogP contribution >= 0.6 is 23.2 Å². The second-order valence-corrected chi connectivity index (χ2v) is 7.59. The van der Waals surface area contributed by atoms with Crippen LogP contribution in [0.25, 0.3) is 0 Å². The van der Waals surface area contributed by atoms with Gasteiger partial charge in [-0.15, -0.1) is 0 Å². The lowest BCUT2D eigenvalue weighted by Crippen LogP contribution is -2.26. The van der Waals surface area contributed by atoms with Gasteiger partial charge in [0.1, 0.15) is 15.9 Å². The molecule has 2 rings (SSSR count). The van der Waals surface area contributed by atoms with Crippen molar-refractivity contribution < 1.29 is 12.8 Å². The highest BCUT2D eigenvalue weighted by atomic mass is 35.5. The maximum absolute atomic E-state index is 13.0. The van der Waals surface area contributed by atoms with Crippen molar-refractivity contribution >= 4 is 33.2 Å².